The minimum absolute atomic E-state index is 0.0393. The molecule has 2 nitrogen and oxygen atoms in total. The van der Waals surface area contributed by atoms with Crippen LogP contribution in [0, 0.1) is 11.8 Å². The van der Waals surface area contributed by atoms with Gasteiger partial charge in [0.2, 0.25) is 0 Å². The van der Waals surface area contributed by atoms with E-state index in [9.17, 15) is 22.4 Å². The Balaban J connectivity index is 2.59. The molecule has 0 aromatic rings. The number of hydrogen-bond acceptors (Lipinski definition) is 1. The Labute approximate surface area is 91.4 Å². The minimum Gasteiger partial charge on any atom is -0.348 e. The zero-order valence-corrected chi connectivity index (χ0v) is 9.14. The van der Waals surface area contributed by atoms with E-state index in [2.05, 4.69) is 0 Å². The van der Waals surface area contributed by atoms with Gasteiger partial charge in [0.15, 0.2) is 0 Å². The molecule has 1 N–H and O–H groups in total. The van der Waals surface area contributed by atoms with Gasteiger partial charge in [0, 0.05) is 6.04 Å². The van der Waals surface area contributed by atoms with Gasteiger partial charge in [-0.1, -0.05) is 13.8 Å². The normalized spacial score (nSPS) is 30.8. The summed E-state index contributed by atoms with van der Waals surface area (Å²) in [5.41, 5.74) is 0. The first-order valence-electron chi connectivity index (χ1n) is 5.23. The maximum Gasteiger partial charge on any atom is 0.383 e. The van der Waals surface area contributed by atoms with Crippen LogP contribution in [0.1, 0.15) is 26.7 Å². The molecular weight excluding hydrogens is 226 g/mol. The van der Waals surface area contributed by atoms with E-state index in [0.717, 1.165) is 6.42 Å². The molecule has 1 saturated carbocycles. The maximum absolute atomic E-state index is 12.7. The number of rotatable bonds is 3. The molecule has 0 saturated heterocycles. The summed E-state index contributed by atoms with van der Waals surface area (Å²) in [6, 6.07) is -0.424. The van der Waals surface area contributed by atoms with Crippen molar-refractivity contribution >= 4 is 5.91 Å². The molecule has 1 fully saturated rings. The molecule has 0 aromatic carbocycles. The third-order valence-corrected chi connectivity index (χ3v) is 3.36. The summed E-state index contributed by atoms with van der Waals surface area (Å²) >= 11 is 0. The fourth-order valence-electron chi connectivity index (χ4n) is 1.93. The molecule has 0 bridgehead atoms. The van der Waals surface area contributed by atoms with Gasteiger partial charge < -0.3 is 5.32 Å². The molecule has 6 heteroatoms. The van der Waals surface area contributed by atoms with Gasteiger partial charge in [-0.25, -0.2) is 8.78 Å². The zero-order chi connectivity index (χ0) is 12.5. The Morgan fingerprint density at radius 2 is 1.88 bits per heavy atom. The molecule has 16 heavy (non-hydrogen) atoms. The molecule has 1 aliphatic rings. The summed E-state index contributed by atoms with van der Waals surface area (Å²) in [4.78, 5) is 11.0. The van der Waals surface area contributed by atoms with Crippen molar-refractivity contribution in [2.75, 3.05) is 0 Å². The highest BCUT2D eigenvalue weighted by atomic mass is 19.3. The van der Waals surface area contributed by atoms with Gasteiger partial charge in [0.25, 0.3) is 5.91 Å². The molecule has 3 unspecified atom stereocenters. The lowest BCUT2D eigenvalue weighted by Crippen LogP contribution is -2.49. The Morgan fingerprint density at radius 3 is 2.25 bits per heavy atom. The number of carbonyl (C=O) groups excluding carboxylic acids is 1. The summed E-state index contributed by atoms with van der Waals surface area (Å²) in [5, 5.41) is 2.01. The molecule has 0 aliphatic heterocycles. The average molecular weight is 241 g/mol. The van der Waals surface area contributed by atoms with Crippen LogP contribution in [0.2, 0.25) is 0 Å². The van der Waals surface area contributed by atoms with Crippen LogP contribution in [-0.4, -0.2) is 24.3 Å². The van der Waals surface area contributed by atoms with Crippen molar-refractivity contribution in [3.8, 4) is 0 Å². The fraction of sp³-hybridized carbons (Fsp3) is 0.900. The lowest BCUT2D eigenvalue weighted by atomic mass is 9.97. The average Bonchev–Trinajstić information content (AvgIpc) is 2.49. The Kier molecular flexibility index (Phi) is 3.80. The standard InChI is InChI=1S/C10H15F4NO/c1-5-3-4-7(6(5)2)15-9(16)10(13,14)8(11)12/h5-8H,3-4H2,1-2H3,(H,15,16). The topological polar surface area (TPSA) is 29.1 Å². The van der Waals surface area contributed by atoms with Gasteiger partial charge in [-0.3, -0.25) is 4.79 Å². The predicted molar refractivity (Wildman–Crippen MR) is 50.4 cm³/mol. The molecule has 0 aromatic heterocycles. The van der Waals surface area contributed by atoms with E-state index in [-0.39, 0.29) is 5.92 Å². The monoisotopic (exact) mass is 241 g/mol. The smallest absolute Gasteiger partial charge is 0.348 e. The van der Waals surface area contributed by atoms with E-state index in [1.807, 2.05) is 19.2 Å². The molecule has 3 atom stereocenters. The second-order valence-electron chi connectivity index (χ2n) is 4.42. The Morgan fingerprint density at radius 1 is 1.31 bits per heavy atom. The first-order chi connectivity index (χ1) is 7.26. The van der Waals surface area contributed by atoms with Gasteiger partial charge in [-0.2, -0.15) is 8.78 Å². The fourth-order valence-corrected chi connectivity index (χ4v) is 1.93. The van der Waals surface area contributed by atoms with Crippen molar-refractivity contribution < 1.29 is 22.4 Å². The highest BCUT2D eigenvalue weighted by Crippen LogP contribution is 2.32. The summed E-state index contributed by atoms with van der Waals surface area (Å²) in [6.45, 7) is 3.77. The van der Waals surface area contributed by atoms with Crippen molar-refractivity contribution in [3.63, 3.8) is 0 Å². The molecule has 1 rings (SSSR count). The zero-order valence-electron chi connectivity index (χ0n) is 9.14. The number of alkyl halides is 4. The largest absolute Gasteiger partial charge is 0.383 e. The second kappa shape index (κ2) is 4.59. The number of amides is 1. The number of halogens is 4. The molecular formula is C10H15F4NO. The van der Waals surface area contributed by atoms with Crippen LogP contribution < -0.4 is 5.32 Å². The third kappa shape index (κ3) is 2.47. The Bertz CT molecular complexity index is 270. The number of nitrogens with one attached hydrogen (secondary N) is 1. The van der Waals surface area contributed by atoms with Crippen molar-refractivity contribution in [2.24, 2.45) is 11.8 Å². The van der Waals surface area contributed by atoms with Gasteiger partial charge in [0.1, 0.15) is 0 Å². The summed E-state index contributed by atoms with van der Waals surface area (Å²) in [7, 11) is 0. The maximum atomic E-state index is 12.7. The summed E-state index contributed by atoms with van der Waals surface area (Å²) < 4.78 is 49.1. The van der Waals surface area contributed by atoms with E-state index in [4.69, 9.17) is 0 Å². The van der Waals surface area contributed by atoms with Gasteiger partial charge in [0.05, 0.1) is 0 Å². The number of carbonyl (C=O) groups is 1. The molecule has 0 heterocycles. The van der Waals surface area contributed by atoms with Gasteiger partial charge in [-0.05, 0) is 24.7 Å². The quantitative estimate of drug-likeness (QED) is 0.755. The number of hydrogen-bond donors (Lipinski definition) is 1. The summed E-state index contributed by atoms with van der Waals surface area (Å²) in [5.74, 6) is -6.11. The van der Waals surface area contributed by atoms with Crippen molar-refractivity contribution in [2.45, 2.75) is 45.1 Å². The van der Waals surface area contributed by atoms with Gasteiger partial charge >= 0.3 is 12.3 Å². The van der Waals surface area contributed by atoms with E-state index >= 15 is 0 Å². The second-order valence-corrected chi connectivity index (χ2v) is 4.42. The van der Waals surface area contributed by atoms with Crippen LogP contribution in [0.15, 0.2) is 0 Å². The highest BCUT2D eigenvalue weighted by Gasteiger charge is 2.50. The van der Waals surface area contributed by atoms with Crippen LogP contribution in [0.25, 0.3) is 0 Å². The van der Waals surface area contributed by atoms with E-state index in [1.54, 1.807) is 0 Å². The van der Waals surface area contributed by atoms with Crippen LogP contribution in [0.4, 0.5) is 17.6 Å². The highest BCUT2D eigenvalue weighted by molar-refractivity contribution is 5.84. The predicted octanol–water partition coefficient (Wildman–Crippen LogP) is 2.44. The van der Waals surface area contributed by atoms with E-state index < -0.39 is 24.3 Å². The molecule has 0 spiro atoms. The van der Waals surface area contributed by atoms with Crippen LogP contribution >= 0.6 is 0 Å². The molecule has 94 valence electrons. The first kappa shape index (κ1) is 13.3. The SMILES string of the molecule is CC1CCC(NC(=O)C(F)(F)C(F)F)C1C. The van der Waals surface area contributed by atoms with Crippen molar-refractivity contribution in [3.05, 3.63) is 0 Å². The first-order valence-corrected chi connectivity index (χ1v) is 5.23. The summed E-state index contributed by atoms with van der Waals surface area (Å²) in [6.07, 6.45) is -2.58. The third-order valence-electron chi connectivity index (χ3n) is 3.36. The van der Waals surface area contributed by atoms with E-state index in [1.165, 1.54) is 0 Å². The van der Waals surface area contributed by atoms with Crippen LogP contribution in [0.3, 0.4) is 0 Å². The lowest BCUT2D eigenvalue weighted by molar-refractivity contribution is -0.170. The van der Waals surface area contributed by atoms with E-state index in [0.29, 0.717) is 12.3 Å². The molecule has 1 aliphatic carbocycles. The van der Waals surface area contributed by atoms with Crippen molar-refractivity contribution in [1.82, 2.24) is 5.32 Å². The lowest BCUT2D eigenvalue weighted by Gasteiger charge is -2.22. The van der Waals surface area contributed by atoms with Gasteiger partial charge in [-0.15, -0.1) is 0 Å². The van der Waals surface area contributed by atoms with Crippen molar-refractivity contribution in [1.29, 1.82) is 0 Å². The Hall–Kier alpha value is -0.810. The van der Waals surface area contributed by atoms with Crippen LogP contribution in [0.5, 0.6) is 0 Å². The molecule has 0 radical (unpaired) electrons. The minimum atomic E-state index is -4.59. The van der Waals surface area contributed by atoms with Crippen LogP contribution in [-0.2, 0) is 4.79 Å². The molecule has 1 amide bonds.